The topological polar surface area (TPSA) is 29.5 Å². The van der Waals surface area contributed by atoms with Crippen molar-refractivity contribution in [2.24, 2.45) is 0 Å². The summed E-state index contributed by atoms with van der Waals surface area (Å²) in [6.45, 7) is 3.53. The summed E-state index contributed by atoms with van der Waals surface area (Å²) >= 11 is 0. The molecule has 0 unspecified atom stereocenters. The van der Waals surface area contributed by atoms with Gasteiger partial charge in [0.1, 0.15) is 0 Å². The Hall–Kier alpha value is -1.35. The van der Waals surface area contributed by atoms with Crippen LogP contribution in [-0.2, 0) is 9.53 Å². The van der Waals surface area contributed by atoms with E-state index in [1.54, 1.807) is 0 Å². The molecule has 1 amide bonds. The number of nitrogens with zero attached hydrogens (tertiary/aromatic N) is 1. The van der Waals surface area contributed by atoms with E-state index in [4.69, 9.17) is 4.74 Å². The Morgan fingerprint density at radius 3 is 2.50 bits per heavy atom. The fourth-order valence-corrected chi connectivity index (χ4v) is 3.61. The molecule has 0 saturated carbocycles. The van der Waals surface area contributed by atoms with Gasteiger partial charge in [-0.05, 0) is 31.2 Å². The van der Waals surface area contributed by atoms with E-state index in [1.165, 1.54) is 6.42 Å². The van der Waals surface area contributed by atoms with Crippen molar-refractivity contribution in [1.29, 1.82) is 0 Å². The van der Waals surface area contributed by atoms with Crippen LogP contribution >= 0.6 is 0 Å². The van der Waals surface area contributed by atoms with Crippen molar-refractivity contribution in [2.45, 2.75) is 50.6 Å². The fraction of sp³-hybridized carbons (Fsp3) is 0.588. The van der Waals surface area contributed by atoms with Crippen LogP contribution in [0.3, 0.4) is 0 Å². The number of ether oxygens (including phenoxy) is 1. The third-order valence-electron chi connectivity index (χ3n) is 4.64. The minimum absolute atomic E-state index is 0.00241. The highest BCUT2D eigenvalue weighted by molar-refractivity contribution is 5.84. The minimum atomic E-state index is -0.00241. The lowest BCUT2D eigenvalue weighted by Crippen LogP contribution is -2.58. The number of benzene rings is 1. The third kappa shape index (κ3) is 2.47. The predicted molar refractivity (Wildman–Crippen MR) is 78.6 cm³/mol. The van der Waals surface area contributed by atoms with E-state index in [2.05, 4.69) is 24.0 Å². The van der Waals surface area contributed by atoms with Gasteiger partial charge in [0.25, 0.3) is 0 Å². The molecule has 0 aromatic heterocycles. The maximum absolute atomic E-state index is 13.0. The molecular weight excluding hydrogens is 250 g/mol. The number of amides is 1. The number of piperidine rings is 1. The number of carbonyl (C=O) groups is 1. The smallest absolute Gasteiger partial charge is 0.230 e. The van der Waals surface area contributed by atoms with E-state index in [-0.39, 0.29) is 5.92 Å². The summed E-state index contributed by atoms with van der Waals surface area (Å²) in [5.41, 5.74) is 1.14. The number of hydrogen-bond donors (Lipinski definition) is 0. The largest absolute Gasteiger partial charge is 0.377 e. The molecule has 0 N–H and O–H groups in total. The molecule has 3 heteroatoms. The second-order valence-corrected chi connectivity index (χ2v) is 5.89. The zero-order valence-corrected chi connectivity index (χ0v) is 12.1. The molecule has 0 aliphatic carbocycles. The van der Waals surface area contributed by atoms with Crippen LogP contribution in [0.4, 0.5) is 0 Å². The van der Waals surface area contributed by atoms with Gasteiger partial charge in [-0.2, -0.15) is 0 Å². The summed E-state index contributed by atoms with van der Waals surface area (Å²) in [4.78, 5) is 15.2. The van der Waals surface area contributed by atoms with Crippen molar-refractivity contribution in [1.82, 2.24) is 4.90 Å². The van der Waals surface area contributed by atoms with Crippen molar-refractivity contribution < 1.29 is 9.53 Å². The molecule has 3 nitrogen and oxygen atoms in total. The first kappa shape index (κ1) is 13.6. The van der Waals surface area contributed by atoms with Crippen LogP contribution in [0.1, 0.15) is 44.1 Å². The van der Waals surface area contributed by atoms with E-state index in [9.17, 15) is 4.79 Å². The number of morpholine rings is 1. The zero-order valence-electron chi connectivity index (χ0n) is 12.1. The summed E-state index contributed by atoms with van der Waals surface area (Å²) in [6.07, 6.45) is 4.27. The molecule has 0 radical (unpaired) electrons. The maximum atomic E-state index is 13.0. The Kier molecular flexibility index (Phi) is 4.06. The summed E-state index contributed by atoms with van der Waals surface area (Å²) in [6, 6.07) is 10.8. The van der Waals surface area contributed by atoms with E-state index in [0.29, 0.717) is 31.2 Å². The molecule has 2 aliphatic rings. The Bertz CT molecular complexity index is 437. The first-order valence-corrected chi connectivity index (χ1v) is 7.76. The van der Waals surface area contributed by atoms with E-state index >= 15 is 0 Å². The highest BCUT2D eigenvalue weighted by Gasteiger charge is 2.39. The molecular formula is C17H23NO2. The van der Waals surface area contributed by atoms with E-state index < -0.39 is 0 Å². The highest BCUT2D eigenvalue weighted by atomic mass is 16.5. The summed E-state index contributed by atoms with van der Waals surface area (Å²) in [7, 11) is 0. The van der Waals surface area contributed by atoms with Gasteiger partial charge in [0, 0.05) is 0 Å². The second kappa shape index (κ2) is 5.96. The lowest BCUT2D eigenvalue weighted by Gasteiger charge is -2.47. The lowest BCUT2D eigenvalue weighted by atomic mass is 9.89. The Labute approximate surface area is 120 Å². The van der Waals surface area contributed by atoms with Gasteiger partial charge in [-0.3, -0.25) is 4.79 Å². The molecule has 1 aromatic rings. The second-order valence-electron chi connectivity index (χ2n) is 5.89. The van der Waals surface area contributed by atoms with Crippen LogP contribution in [0.2, 0.25) is 0 Å². The quantitative estimate of drug-likeness (QED) is 0.847. The third-order valence-corrected chi connectivity index (χ3v) is 4.64. The van der Waals surface area contributed by atoms with Crippen LogP contribution in [0.15, 0.2) is 30.3 Å². The zero-order chi connectivity index (χ0) is 13.9. The highest BCUT2D eigenvalue weighted by Crippen LogP contribution is 2.32. The molecule has 3 rings (SSSR count). The van der Waals surface area contributed by atoms with E-state index in [0.717, 1.165) is 24.8 Å². The van der Waals surface area contributed by atoms with Gasteiger partial charge in [0.15, 0.2) is 0 Å². The molecule has 1 aromatic carbocycles. The Balaban J connectivity index is 1.83. The van der Waals surface area contributed by atoms with Gasteiger partial charge in [-0.1, -0.05) is 37.3 Å². The first-order chi connectivity index (χ1) is 9.81. The van der Waals surface area contributed by atoms with Crippen molar-refractivity contribution in [3.05, 3.63) is 35.9 Å². The standard InChI is InChI=1S/C17H23NO2/c1-2-16(13-7-4-3-5-8-13)17(19)18-14-9-6-10-15(18)12-20-11-14/h3-5,7-8,14-16H,2,6,9-12H2,1H3/t14-,15+,16-/m1/s1. The van der Waals surface area contributed by atoms with Crippen molar-refractivity contribution >= 4 is 5.91 Å². The van der Waals surface area contributed by atoms with Gasteiger partial charge in [0.05, 0.1) is 31.2 Å². The first-order valence-electron chi connectivity index (χ1n) is 7.76. The molecule has 2 heterocycles. The van der Waals surface area contributed by atoms with Crippen molar-refractivity contribution in [3.8, 4) is 0 Å². The van der Waals surface area contributed by atoms with Crippen LogP contribution in [-0.4, -0.2) is 36.1 Å². The van der Waals surface area contributed by atoms with Crippen molar-refractivity contribution in [3.63, 3.8) is 0 Å². The maximum Gasteiger partial charge on any atom is 0.230 e. The van der Waals surface area contributed by atoms with Gasteiger partial charge in [0.2, 0.25) is 5.91 Å². The molecule has 0 spiro atoms. The molecule has 3 atom stereocenters. The van der Waals surface area contributed by atoms with Crippen LogP contribution in [0, 0.1) is 0 Å². The Morgan fingerprint density at radius 2 is 1.90 bits per heavy atom. The Morgan fingerprint density at radius 1 is 1.25 bits per heavy atom. The monoisotopic (exact) mass is 273 g/mol. The minimum Gasteiger partial charge on any atom is -0.377 e. The van der Waals surface area contributed by atoms with Crippen LogP contribution < -0.4 is 0 Å². The average molecular weight is 273 g/mol. The predicted octanol–water partition coefficient (Wildman–Crippen LogP) is 2.96. The average Bonchev–Trinajstić information content (AvgIpc) is 2.48. The molecule has 2 saturated heterocycles. The van der Waals surface area contributed by atoms with Crippen LogP contribution in [0.5, 0.6) is 0 Å². The normalized spacial score (nSPS) is 27.1. The van der Waals surface area contributed by atoms with E-state index in [1.807, 2.05) is 18.2 Å². The fourth-order valence-electron chi connectivity index (χ4n) is 3.61. The van der Waals surface area contributed by atoms with Gasteiger partial charge in [-0.25, -0.2) is 0 Å². The number of carbonyl (C=O) groups excluding carboxylic acids is 1. The van der Waals surface area contributed by atoms with Gasteiger partial charge in [-0.15, -0.1) is 0 Å². The van der Waals surface area contributed by atoms with Gasteiger partial charge < -0.3 is 9.64 Å². The number of hydrogen-bond acceptors (Lipinski definition) is 2. The lowest BCUT2D eigenvalue weighted by molar-refractivity contribution is -0.152. The summed E-state index contributed by atoms with van der Waals surface area (Å²) < 4.78 is 5.64. The summed E-state index contributed by atoms with van der Waals surface area (Å²) in [5, 5.41) is 0. The van der Waals surface area contributed by atoms with Gasteiger partial charge >= 0.3 is 0 Å². The molecule has 2 aliphatic heterocycles. The molecule has 2 fully saturated rings. The molecule has 2 bridgehead atoms. The molecule has 108 valence electrons. The number of rotatable bonds is 3. The van der Waals surface area contributed by atoms with Crippen molar-refractivity contribution in [2.75, 3.05) is 13.2 Å². The SMILES string of the molecule is CC[C@@H](C(=O)N1[C@@H]2CCC[C@H]1COC2)c1ccccc1. The van der Waals surface area contributed by atoms with Crippen LogP contribution in [0.25, 0.3) is 0 Å². The molecule has 20 heavy (non-hydrogen) atoms. The summed E-state index contributed by atoms with van der Waals surface area (Å²) in [5.74, 6) is 0.300. The number of fused-ring (bicyclic) bond motifs is 2.